The van der Waals surface area contributed by atoms with Gasteiger partial charge in [0, 0.05) is 21.9 Å². The zero-order valence-corrected chi connectivity index (χ0v) is 18.4. The summed E-state index contributed by atoms with van der Waals surface area (Å²) in [5.41, 5.74) is 5.37. The topological polar surface area (TPSA) is 65.1 Å². The van der Waals surface area contributed by atoms with Crippen molar-refractivity contribution in [2.75, 3.05) is 0 Å². The number of thiophene rings is 1. The number of aryl methyl sites for hydroxylation is 3. The smallest absolute Gasteiger partial charge is 0.336 e. The van der Waals surface area contributed by atoms with Crippen molar-refractivity contribution >= 4 is 32.5 Å². The number of nitrogens with zero attached hydrogens (tertiary/aromatic N) is 2. The minimum atomic E-state index is -0.399. The van der Waals surface area contributed by atoms with Gasteiger partial charge in [0.15, 0.2) is 0 Å². The van der Waals surface area contributed by atoms with Crippen molar-refractivity contribution in [2.45, 2.75) is 32.7 Å². The Morgan fingerprint density at radius 3 is 2.66 bits per heavy atom. The average Bonchev–Trinajstić information content (AvgIpc) is 3.38. The van der Waals surface area contributed by atoms with E-state index in [1.54, 1.807) is 10.9 Å². The SMILES string of the molecule is Cc1sc2ncn(Cc3cc(=O)oc4cc5c(cc34)CCC5)c(=O)c2c1-c1ccccc1. The first-order valence-electron chi connectivity index (χ1n) is 10.7. The van der Waals surface area contributed by atoms with Crippen molar-refractivity contribution in [3.63, 3.8) is 0 Å². The average molecular weight is 441 g/mol. The second-order valence-electron chi connectivity index (χ2n) is 8.32. The fourth-order valence-electron chi connectivity index (χ4n) is 4.81. The molecule has 3 aromatic heterocycles. The fourth-order valence-corrected chi connectivity index (χ4v) is 5.81. The van der Waals surface area contributed by atoms with Gasteiger partial charge in [-0.3, -0.25) is 9.36 Å². The van der Waals surface area contributed by atoms with E-state index >= 15 is 0 Å². The van der Waals surface area contributed by atoms with Crippen LogP contribution >= 0.6 is 11.3 Å². The molecule has 0 fully saturated rings. The van der Waals surface area contributed by atoms with Crippen molar-refractivity contribution < 1.29 is 4.42 Å². The number of rotatable bonds is 3. The first kappa shape index (κ1) is 19.2. The zero-order valence-electron chi connectivity index (χ0n) is 17.6. The predicted molar refractivity (Wildman–Crippen MR) is 128 cm³/mol. The summed E-state index contributed by atoms with van der Waals surface area (Å²) in [4.78, 5) is 32.2. The zero-order chi connectivity index (χ0) is 21.8. The van der Waals surface area contributed by atoms with E-state index in [-0.39, 0.29) is 12.1 Å². The predicted octanol–water partition coefficient (Wildman–Crippen LogP) is 5.08. The molecule has 0 amide bonds. The van der Waals surface area contributed by atoms with Crippen LogP contribution < -0.4 is 11.2 Å². The first-order valence-corrected chi connectivity index (χ1v) is 11.5. The molecule has 0 saturated carbocycles. The molecule has 6 heteroatoms. The van der Waals surface area contributed by atoms with E-state index in [0.717, 1.165) is 51.0 Å². The molecule has 0 saturated heterocycles. The van der Waals surface area contributed by atoms with Crippen LogP contribution in [0.1, 0.15) is 28.0 Å². The van der Waals surface area contributed by atoms with Gasteiger partial charge >= 0.3 is 5.63 Å². The first-order chi connectivity index (χ1) is 15.6. The van der Waals surface area contributed by atoms with Gasteiger partial charge in [-0.25, -0.2) is 9.78 Å². The van der Waals surface area contributed by atoms with Gasteiger partial charge in [0.2, 0.25) is 0 Å². The summed E-state index contributed by atoms with van der Waals surface area (Å²) < 4.78 is 7.09. The van der Waals surface area contributed by atoms with Gasteiger partial charge in [-0.15, -0.1) is 11.3 Å². The number of fused-ring (bicyclic) bond motifs is 3. The van der Waals surface area contributed by atoms with Crippen LogP contribution in [0.4, 0.5) is 0 Å². The molecule has 0 aliphatic heterocycles. The third-order valence-corrected chi connectivity index (χ3v) is 7.31. The monoisotopic (exact) mass is 440 g/mol. The molecule has 0 unspecified atom stereocenters. The number of aromatic nitrogens is 2. The highest BCUT2D eigenvalue weighted by Gasteiger charge is 2.19. The lowest BCUT2D eigenvalue weighted by Gasteiger charge is -2.10. The second kappa shape index (κ2) is 7.28. The van der Waals surface area contributed by atoms with Crippen LogP contribution in [0, 0.1) is 6.92 Å². The summed E-state index contributed by atoms with van der Waals surface area (Å²) in [6.45, 7) is 2.29. The molecular weight excluding hydrogens is 420 g/mol. The molecular formula is C26H20N2O3S. The maximum Gasteiger partial charge on any atom is 0.336 e. The summed E-state index contributed by atoms with van der Waals surface area (Å²) >= 11 is 1.53. The molecule has 0 spiro atoms. The minimum Gasteiger partial charge on any atom is -0.423 e. The maximum atomic E-state index is 13.6. The van der Waals surface area contributed by atoms with Gasteiger partial charge in [-0.2, -0.15) is 0 Å². The lowest BCUT2D eigenvalue weighted by atomic mass is 10.0. The Bertz CT molecular complexity index is 1630. The fraction of sp³-hybridized carbons (Fsp3) is 0.192. The normalized spacial score (nSPS) is 13.2. The van der Waals surface area contributed by atoms with Crippen molar-refractivity contribution in [3.05, 3.63) is 97.2 Å². The molecule has 5 aromatic rings. The Morgan fingerprint density at radius 1 is 1.06 bits per heavy atom. The molecule has 1 aliphatic carbocycles. The molecule has 5 nitrogen and oxygen atoms in total. The van der Waals surface area contributed by atoms with Crippen LogP contribution in [0.25, 0.3) is 32.3 Å². The molecule has 32 heavy (non-hydrogen) atoms. The number of hydrogen-bond donors (Lipinski definition) is 0. The summed E-state index contributed by atoms with van der Waals surface area (Å²) in [5.74, 6) is 0. The van der Waals surface area contributed by atoms with Gasteiger partial charge in [0.05, 0.1) is 18.3 Å². The lowest BCUT2D eigenvalue weighted by Crippen LogP contribution is -2.21. The van der Waals surface area contributed by atoms with Gasteiger partial charge in [0.1, 0.15) is 10.4 Å². The van der Waals surface area contributed by atoms with E-state index < -0.39 is 5.63 Å². The molecule has 0 bridgehead atoms. The largest absolute Gasteiger partial charge is 0.423 e. The highest BCUT2D eigenvalue weighted by molar-refractivity contribution is 7.19. The van der Waals surface area contributed by atoms with E-state index in [4.69, 9.17) is 4.42 Å². The molecule has 0 atom stereocenters. The quantitative estimate of drug-likeness (QED) is 0.367. The third-order valence-electron chi connectivity index (χ3n) is 6.30. The van der Waals surface area contributed by atoms with Crippen LogP contribution in [0.15, 0.2) is 68.9 Å². The van der Waals surface area contributed by atoms with E-state index in [1.165, 1.54) is 28.5 Å². The Balaban J connectivity index is 1.53. The van der Waals surface area contributed by atoms with Gasteiger partial charge < -0.3 is 4.42 Å². The van der Waals surface area contributed by atoms with Gasteiger partial charge in [-0.05, 0) is 60.6 Å². The minimum absolute atomic E-state index is 0.0965. The molecule has 0 N–H and O–H groups in total. The Labute approximate surface area is 187 Å². The van der Waals surface area contributed by atoms with Crippen LogP contribution in [-0.4, -0.2) is 9.55 Å². The van der Waals surface area contributed by atoms with Crippen LogP contribution in [0.3, 0.4) is 0 Å². The van der Waals surface area contributed by atoms with Crippen LogP contribution in [-0.2, 0) is 19.4 Å². The number of benzene rings is 2. The van der Waals surface area contributed by atoms with Crippen molar-refractivity contribution in [2.24, 2.45) is 0 Å². The number of hydrogen-bond acceptors (Lipinski definition) is 5. The van der Waals surface area contributed by atoms with E-state index in [9.17, 15) is 9.59 Å². The third kappa shape index (κ3) is 3.02. The molecule has 3 heterocycles. The van der Waals surface area contributed by atoms with Crippen molar-refractivity contribution in [1.82, 2.24) is 9.55 Å². The molecule has 6 rings (SSSR count). The van der Waals surface area contributed by atoms with Crippen LogP contribution in [0.2, 0.25) is 0 Å². The Kier molecular flexibility index (Phi) is 4.36. The van der Waals surface area contributed by atoms with Crippen molar-refractivity contribution in [3.8, 4) is 11.1 Å². The van der Waals surface area contributed by atoms with E-state index in [2.05, 4.69) is 11.1 Å². The molecule has 1 aliphatic rings. The van der Waals surface area contributed by atoms with E-state index in [1.807, 2.05) is 43.3 Å². The van der Waals surface area contributed by atoms with E-state index in [0.29, 0.717) is 11.0 Å². The standard InChI is InChI=1S/C26H20N2O3S/c1-15-23(16-6-3-2-4-7-16)24-25(32-15)27-14-28(26(24)30)13-19-12-22(29)31-21-11-18-9-5-8-17(18)10-20(19)21/h2-4,6-7,10-12,14H,5,8-9,13H2,1H3. The van der Waals surface area contributed by atoms with Gasteiger partial charge in [0.25, 0.3) is 5.56 Å². The molecule has 0 radical (unpaired) electrons. The summed E-state index contributed by atoms with van der Waals surface area (Å²) in [6.07, 6.45) is 4.75. The lowest BCUT2D eigenvalue weighted by molar-refractivity contribution is 0.557. The van der Waals surface area contributed by atoms with Crippen molar-refractivity contribution in [1.29, 1.82) is 0 Å². The summed E-state index contributed by atoms with van der Waals surface area (Å²) in [6, 6.07) is 15.6. The van der Waals surface area contributed by atoms with Crippen LogP contribution in [0.5, 0.6) is 0 Å². The molecule has 2 aromatic carbocycles. The maximum absolute atomic E-state index is 13.6. The highest BCUT2D eigenvalue weighted by atomic mass is 32.1. The van der Waals surface area contributed by atoms with Gasteiger partial charge in [-0.1, -0.05) is 30.3 Å². The highest BCUT2D eigenvalue weighted by Crippen LogP contribution is 2.35. The second-order valence-corrected chi connectivity index (χ2v) is 9.52. The molecule has 158 valence electrons. The summed E-state index contributed by atoms with van der Waals surface area (Å²) in [7, 11) is 0. The Morgan fingerprint density at radius 2 is 1.84 bits per heavy atom. The Hall–Kier alpha value is -3.51. The summed E-state index contributed by atoms with van der Waals surface area (Å²) in [5, 5.41) is 1.52.